The zero-order valence-electron chi connectivity index (χ0n) is 8.51. The number of hydrogen-bond donors (Lipinski definition) is 0. The molecule has 0 aliphatic rings. The molecule has 3 aromatic rings. The molecule has 1 aromatic carbocycles. The SMILES string of the molecule is Clc1ccc(Cl)c(-c2cnc3nncn3c2)c1. The Morgan fingerprint density at radius 2 is 2.06 bits per heavy atom. The summed E-state index contributed by atoms with van der Waals surface area (Å²) in [6.45, 7) is 0. The molecule has 0 N–H and O–H groups in total. The minimum absolute atomic E-state index is 0.548. The Labute approximate surface area is 107 Å². The van der Waals surface area contributed by atoms with Gasteiger partial charge in [0.2, 0.25) is 0 Å². The summed E-state index contributed by atoms with van der Waals surface area (Å²) in [6, 6.07) is 5.31. The van der Waals surface area contributed by atoms with Crippen molar-refractivity contribution in [1.82, 2.24) is 19.6 Å². The zero-order valence-corrected chi connectivity index (χ0v) is 10.0. The van der Waals surface area contributed by atoms with Crippen molar-refractivity contribution in [3.63, 3.8) is 0 Å². The highest BCUT2D eigenvalue weighted by Gasteiger charge is 2.06. The van der Waals surface area contributed by atoms with E-state index in [9.17, 15) is 0 Å². The second-order valence-electron chi connectivity index (χ2n) is 3.51. The summed E-state index contributed by atoms with van der Waals surface area (Å²) >= 11 is 12.1. The van der Waals surface area contributed by atoms with E-state index in [1.807, 2.05) is 6.20 Å². The van der Waals surface area contributed by atoms with Crippen LogP contribution in [0.4, 0.5) is 0 Å². The van der Waals surface area contributed by atoms with Crippen LogP contribution in [-0.4, -0.2) is 19.6 Å². The molecular formula is C11H6Cl2N4. The van der Waals surface area contributed by atoms with Gasteiger partial charge in [0.05, 0.1) is 0 Å². The summed E-state index contributed by atoms with van der Waals surface area (Å²) in [5.74, 6) is 0.548. The highest BCUT2D eigenvalue weighted by atomic mass is 35.5. The van der Waals surface area contributed by atoms with E-state index in [2.05, 4.69) is 15.2 Å². The quantitative estimate of drug-likeness (QED) is 0.679. The van der Waals surface area contributed by atoms with Gasteiger partial charge in [-0.15, -0.1) is 10.2 Å². The van der Waals surface area contributed by atoms with E-state index in [-0.39, 0.29) is 0 Å². The molecule has 0 unspecified atom stereocenters. The smallest absolute Gasteiger partial charge is 0.254 e. The standard InChI is InChI=1S/C11H6Cl2N4/c12-8-1-2-10(13)9(3-8)7-4-14-11-16-15-6-17(11)5-7/h1-6H. The van der Waals surface area contributed by atoms with Gasteiger partial charge in [-0.25, -0.2) is 4.98 Å². The van der Waals surface area contributed by atoms with Crippen LogP contribution >= 0.6 is 23.2 Å². The van der Waals surface area contributed by atoms with Crippen LogP contribution in [0.5, 0.6) is 0 Å². The Morgan fingerprint density at radius 3 is 2.94 bits per heavy atom. The molecule has 6 heteroatoms. The van der Waals surface area contributed by atoms with Gasteiger partial charge in [-0.05, 0) is 18.2 Å². The van der Waals surface area contributed by atoms with Gasteiger partial charge in [-0.3, -0.25) is 4.40 Å². The Balaban J connectivity index is 2.22. The molecule has 0 radical (unpaired) electrons. The normalized spacial score (nSPS) is 10.9. The van der Waals surface area contributed by atoms with Gasteiger partial charge in [-0.1, -0.05) is 23.2 Å². The fourth-order valence-corrected chi connectivity index (χ4v) is 1.99. The first-order valence-corrected chi connectivity index (χ1v) is 5.60. The second-order valence-corrected chi connectivity index (χ2v) is 4.35. The Bertz CT molecular complexity index is 693. The molecule has 0 saturated carbocycles. The molecule has 2 heterocycles. The molecule has 3 rings (SSSR count). The molecule has 84 valence electrons. The molecular weight excluding hydrogens is 259 g/mol. The Morgan fingerprint density at radius 1 is 1.18 bits per heavy atom. The minimum Gasteiger partial charge on any atom is -0.272 e. The summed E-state index contributed by atoms with van der Waals surface area (Å²) in [5, 5.41) is 8.86. The van der Waals surface area contributed by atoms with Gasteiger partial charge in [0, 0.05) is 33.6 Å². The Kier molecular flexibility index (Phi) is 2.46. The number of rotatable bonds is 1. The van der Waals surface area contributed by atoms with Crippen molar-refractivity contribution < 1.29 is 0 Å². The minimum atomic E-state index is 0.548. The maximum atomic E-state index is 6.13. The molecule has 2 aromatic heterocycles. The van der Waals surface area contributed by atoms with Crippen molar-refractivity contribution in [3.05, 3.63) is 47.0 Å². The molecule has 0 saturated heterocycles. The third kappa shape index (κ3) is 1.85. The van der Waals surface area contributed by atoms with Crippen LogP contribution in [0.25, 0.3) is 16.9 Å². The van der Waals surface area contributed by atoms with E-state index in [0.717, 1.165) is 11.1 Å². The van der Waals surface area contributed by atoms with E-state index in [4.69, 9.17) is 23.2 Å². The average molecular weight is 265 g/mol. The molecule has 0 aliphatic heterocycles. The van der Waals surface area contributed by atoms with Gasteiger partial charge in [0.1, 0.15) is 6.33 Å². The van der Waals surface area contributed by atoms with Gasteiger partial charge >= 0.3 is 0 Å². The first-order chi connectivity index (χ1) is 8.24. The van der Waals surface area contributed by atoms with Crippen LogP contribution in [0, 0.1) is 0 Å². The van der Waals surface area contributed by atoms with Crippen LogP contribution < -0.4 is 0 Å². The predicted octanol–water partition coefficient (Wildman–Crippen LogP) is 3.10. The lowest BCUT2D eigenvalue weighted by atomic mass is 10.1. The highest BCUT2D eigenvalue weighted by molar-refractivity contribution is 6.35. The Hall–Kier alpha value is -1.65. The van der Waals surface area contributed by atoms with Crippen molar-refractivity contribution in [2.24, 2.45) is 0 Å². The summed E-state index contributed by atoms with van der Waals surface area (Å²) in [4.78, 5) is 4.18. The van der Waals surface area contributed by atoms with Crippen LogP contribution in [0.2, 0.25) is 10.0 Å². The molecule has 4 nitrogen and oxygen atoms in total. The topological polar surface area (TPSA) is 43.1 Å². The van der Waals surface area contributed by atoms with Crippen LogP contribution in [-0.2, 0) is 0 Å². The molecule has 0 fully saturated rings. The number of aromatic nitrogens is 4. The molecule has 0 bridgehead atoms. The van der Waals surface area contributed by atoms with E-state index in [1.165, 1.54) is 0 Å². The van der Waals surface area contributed by atoms with Crippen molar-refractivity contribution in [2.75, 3.05) is 0 Å². The van der Waals surface area contributed by atoms with Crippen molar-refractivity contribution in [1.29, 1.82) is 0 Å². The van der Waals surface area contributed by atoms with Gasteiger partial charge in [0.25, 0.3) is 5.78 Å². The van der Waals surface area contributed by atoms with Crippen LogP contribution in [0.15, 0.2) is 36.9 Å². The first-order valence-electron chi connectivity index (χ1n) is 4.85. The number of halogens is 2. The van der Waals surface area contributed by atoms with Crippen LogP contribution in [0.3, 0.4) is 0 Å². The fraction of sp³-hybridized carbons (Fsp3) is 0. The first kappa shape index (κ1) is 10.5. The molecule has 0 atom stereocenters. The summed E-state index contributed by atoms with van der Waals surface area (Å²) < 4.78 is 1.73. The van der Waals surface area contributed by atoms with Gasteiger partial charge in [-0.2, -0.15) is 0 Å². The van der Waals surface area contributed by atoms with E-state index < -0.39 is 0 Å². The molecule has 0 aliphatic carbocycles. The number of fused-ring (bicyclic) bond motifs is 1. The maximum Gasteiger partial charge on any atom is 0.254 e. The van der Waals surface area contributed by atoms with Gasteiger partial charge in [0.15, 0.2) is 0 Å². The highest BCUT2D eigenvalue weighted by Crippen LogP contribution is 2.29. The third-order valence-corrected chi connectivity index (χ3v) is 2.96. The molecule has 0 spiro atoms. The van der Waals surface area contributed by atoms with Gasteiger partial charge < -0.3 is 0 Å². The largest absolute Gasteiger partial charge is 0.272 e. The number of hydrogen-bond acceptors (Lipinski definition) is 3. The zero-order chi connectivity index (χ0) is 11.8. The van der Waals surface area contributed by atoms with Crippen molar-refractivity contribution in [3.8, 4) is 11.1 Å². The monoisotopic (exact) mass is 264 g/mol. The average Bonchev–Trinajstić information content (AvgIpc) is 2.79. The second kappa shape index (κ2) is 3.98. The van der Waals surface area contributed by atoms with Crippen LogP contribution in [0.1, 0.15) is 0 Å². The number of nitrogens with zero attached hydrogens (tertiary/aromatic N) is 4. The van der Waals surface area contributed by atoms with Crippen molar-refractivity contribution in [2.45, 2.75) is 0 Å². The lowest BCUT2D eigenvalue weighted by Gasteiger charge is -2.04. The van der Waals surface area contributed by atoms with E-state index >= 15 is 0 Å². The summed E-state index contributed by atoms with van der Waals surface area (Å²) in [5.41, 5.74) is 1.70. The summed E-state index contributed by atoms with van der Waals surface area (Å²) in [7, 11) is 0. The lowest BCUT2D eigenvalue weighted by Crippen LogP contribution is -1.90. The molecule has 17 heavy (non-hydrogen) atoms. The maximum absolute atomic E-state index is 6.13. The lowest BCUT2D eigenvalue weighted by molar-refractivity contribution is 1.10. The fourth-order valence-electron chi connectivity index (χ4n) is 1.59. The van der Waals surface area contributed by atoms with E-state index in [1.54, 1.807) is 35.1 Å². The van der Waals surface area contributed by atoms with Crippen molar-refractivity contribution >= 4 is 29.0 Å². The molecule has 0 amide bonds. The predicted molar refractivity (Wildman–Crippen MR) is 66.2 cm³/mol. The third-order valence-electron chi connectivity index (χ3n) is 2.39. The number of benzene rings is 1. The van der Waals surface area contributed by atoms with E-state index in [0.29, 0.717) is 15.8 Å². The summed E-state index contributed by atoms with van der Waals surface area (Å²) in [6.07, 6.45) is 5.14.